The fraction of sp³-hybridized carbons (Fsp3) is 0.571. The molecule has 0 unspecified atom stereocenters. The van der Waals surface area contributed by atoms with Gasteiger partial charge in [-0.3, -0.25) is 0 Å². The van der Waals surface area contributed by atoms with Crippen molar-refractivity contribution in [3.05, 3.63) is 17.5 Å². The molecule has 0 aliphatic carbocycles. The van der Waals surface area contributed by atoms with Crippen LogP contribution in [-0.4, -0.2) is 46.9 Å². The number of thiocarbonyl (C=S) groups is 1. The predicted octanol–water partition coefficient (Wildman–Crippen LogP) is 1.43. The second-order valence-electron chi connectivity index (χ2n) is 4.88. The summed E-state index contributed by atoms with van der Waals surface area (Å²) in [6.45, 7) is 5.26. The number of carbonyl (C=O) groups excluding carboxylic acids is 1. The number of carbonyl (C=O) groups is 1. The van der Waals surface area contributed by atoms with E-state index in [0.717, 1.165) is 19.4 Å². The number of aromatic nitrogens is 2. The minimum absolute atomic E-state index is 0.202. The molecule has 1 atom stereocenters. The third-order valence-corrected chi connectivity index (χ3v) is 3.46. The second kappa shape index (κ2) is 8.00. The van der Waals surface area contributed by atoms with Gasteiger partial charge in [-0.15, -0.1) is 0 Å². The highest BCUT2D eigenvalue weighted by Crippen LogP contribution is 2.11. The van der Waals surface area contributed by atoms with Gasteiger partial charge in [0.1, 0.15) is 0 Å². The van der Waals surface area contributed by atoms with Gasteiger partial charge < -0.3 is 20.1 Å². The Labute approximate surface area is 134 Å². The Morgan fingerprint density at radius 1 is 1.59 bits per heavy atom. The lowest BCUT2D eigenvalue weighted by molar-refractivity contribution is 0.0524. The molecule has 0 saturated carbocycles. The Morgan fingerprint density at radius 3 is 3.05 bits per heavy atom. The Kier molecular flexibility index (Phi) is 6.02. The van der Waals surface area contributed by atoms with E-state index in [1.807, 2.05) is 0 Å². The molecule has 0 bridgehead atoms. The van der Waals surface area contributed by atoms with Crippen LogP contribution in [0, 0.1) is 6.92 Å². The average molecular weight is 324 g/mol. The van der Waals surface area contributed by atoms with Crippen LogP contribution in [-0.2, 0) is 9.47 Å². The summed E-state index contributed by atoms with van der Waals surface area (Å²) < 4.78 is 10.4. The molecule has 1 saturated heterocycles. The maximum atomic E-state index is 11.7. The third kappa shape index (κ3) is 4.60. The molecule has 120 valence electrons. The zero-order valence-electron chi connectivity index (χ0n) is 12.7. The van der Waals surface area contributed by atoms with Crippen molar-refractivity contribution in [2.24, 2.45) is 0 Å². The van der Waals surface area contributed by atoms with Gasteiger partial charge in [-0.2, -0.15) is 0 Å². The molecule has 2 rings (SSSR count). The molecule has 2 heterocycles. The van der Waals surface area contributed by atoms with E-state index >= 15 is 0 Å². The topological polar surface area (TPSA) is 85.4 Å². The van der Waals surface area contributed by atoms with E-state index < -0.39 is 5.97 Å². The number of ether oxygens (including phenoxy) is 2. The molecule has 1 aromatic rings. The van der Waals surface area contributed by atoms with E-state index in [2.05, 4.69) is 20.6 Å². The molecule has 1 aliphatic heterocycles. The number of anilines is 1. The fourth-order valence-electron chi connectivity index (χ4n) is 2.09. The number of aryl methyl sites for hydroxylation is 1. The van der Waals surface area contributed by atoms with Gasteiger partial charge in [-0.1, -0.05) is 0 Å². The van der Waals surface area contributed by atoms with E-state index in [0.29, 0.717) is 35.5 Å². The zero-order chi connectivity index (χ0) is 15.9. The molecule has 0 amide bonds. The summed E-state index contributed by atoms with van der Waals surface area (Å²) in [4.78, 5) is 20.0. The Balaban J connectivity index is 1.88. The SMILES string of the molecule is CCOC(=O)c1cnc(NC(=S)NC[C@H]2CCCO2)nc1C. The van der Waals surface area contributed by atoms with E-state index in [1.54, 1.807) is 13.8 Å². The molecule has 7 nitrogen and oxygen atoms in total. The van der Waals surface area contributed by atoms with Crippen LogP contribution in [0.4, 0.5) is 5.95 Å². The van der Waals surface area contributed by atoms with Crippen molar-refractivity contribution in [3.8, 4) is 0 Å². The quantitative estimate of drug-likeness (QED) is 0.621. The number of hydrogen-bond donors (Lipinski definition) is 2. The van der Waals surface area contributed by atoms with Crippen molar-refractivity contribution >= 4 is 29.2 Å². The molecule has 8 heteroatoms. The normalized spacial score (nSPS) is 17.1. The van der Waals surface area contributed by atoms with Crippen LogP contribution in [0.1, 0.15) is 35.8 Å². The summed E-state index contributed by atoms with van der Waals surface area (Å²) in [5.41, 5.74) is 0.892. The molecule has 0 radical (unpaired) electrons. The van der Waals surface area contributed by atoms with Gasteiger partial charge in [0.15, 0.2) is 5.11 Å². The maximum Gasteiger partial charge on any atom is 0.341 e. The van der Waals surface area contributed by atoms with E-state index in [-0.39, 0.29) is 6.10 Å². The van der Waals surface area contributed by atoms with Gasteiger partial charge in [0.05, 0.1) is 24.0 Å². The van der Waals surface area contributed by atoms with Crippen LogP contribution in [0.5, 0.6) is 0 Å². The molecular weight excluding hydrogens is 304 g/mol. The summed E-state index contributed by atoms with van der Waals surface area (Å²) in [6, 6.07) is 0. The van der Waals surface area contributed by atoms with Gasteiger partial charge in [0.2, 0.25) is 5.95 Å². The lowest BCUT2D eigenvalue weighted by atomic mass is 10.2. The molecule has 1 fully saturated rings. The highest BCUT2D eigenvalue weighted by atomic mass is 32.1. The molecule has 0 spiro atoms. The van der Waals surface area contributed by atoms with Crippen molar-refractivity contribution in [1.82, 2.24) is 15.3 Å². The van der Waals surface area contributed by atoms with Crippen LogP contribution in [0.2, 0.25) is 0 Å². The van der Waals surface area contributed by atoms with Crippen molar-refractivity contribution in [2.45, 2.75) is 32.8 Å². The number of esters is 1. The van der Waals surface area contributed by atoms with E-state index in [4.69, 9.17) is 21.7 Å². The summed E-state index contributed by atoms with van der Waals surface area (Å²) in [5.74, 6) is -0.0824. The first-order valence-electron chi connectivity index (χ1n) is 7.27. The maximum absolute atomic E-state index is 11.7. The molecule has 1 aliphatic rings. The Bertz CT molecular complexity index is 547. The first-order chi connectivity index (χ1) is 10.6. The monoisotopic (exact) mass is 324 g/mol. The molecule has 22 heavy (non-hydrogen) atoms. The Morgan fingerprint density at radius 2 is 2.41 bits per heavy atom. The van der Waals surface area contributed by atoms with Gasteiger partial charge in [0, 0.05) is 19.3 Å². The third-order valence-electron chi connectivity index (χ3n) is 3.21. The number of hydrogen-bond acceptors (Lipinski definition) is 6. The number of rotatable bonds is 5. The van der Waals surface area contributed by atoms with Gasteiger partial charge in [-0.25, -0.2) is 14.8 Å². The van der Waals surface area contributed by atoms with E-state index in [1.165, 1.54) is 6.20 Å². The predicted molar refractivity (Wildman–Crippen MR) is 85.9 cm³/mol. The lowest BCUT2D eigenvalue weighted by Gasteiger charge is -2.13. The summed E-state index contributed by atoms with van der Waals surface area (Å²) in [5, 5.41) is 6.40. The van der Waals surface area contributed by atoms with E-state index in [9.17, 15) is 4.79 Å². The largest absolute Gasteiger partial charge is 0.462 e. The number of nitrogens with one attached hydrogen (secondary N) is 2. The van der Waals surface area contributed by atoms with Gasteiger partial charge >= 0.3 is 5.97 Å². The van der Waals surface area contributed by atoms with Crippen LogP contribution in [0.15, 0.2) is 6.20 Å². The Hall–Kier alpha value is -1.80. The summed E-state index contributed by atoms with van der Waals surface area (Å²) in [6.07, 6.45) is 3.77. The minimum atomic E-state index is -0.425. The summed E-state index contributed by atoms with van der Waals surface area (Å²) >= 11 is 5.19. The molecule has 2 N–H and O–H groups in total. The zero-order valence-corrected chi connectivity index (χ0v) is 13.5. The standard InChI is InChI=1S/C14H20N4O3S/c1-3-20-12(19)11-8-15-13(17-9(11)2)18-14(22)16-7-10-5-4-6-21-10/h8,10H,3-7H2,1-2H3,(H2,15,16,17,18,22)/t10-/m1/s1. The van der Waals surface area contributed by atoms with Crippen molar-refractivity contribution in [3.63, 3.8) is 0 Å². The average Bonchev–Trinajstić information content (AvgIpc) is 2.98. The van der Waals surface area contributed by atoms with Gasteiger partial charge in [0.25, 0.3) is 0 Å². The highest BCUT2D eigenvalue weighted by Gasteiger charge is 2.16. The smallest absolute Gasteiger partial charge is 0.341 e. The number of nitrogens with zero attached hydrogens (tertiary/aromatic N) is 2. The van der Waals surface area contributed by atoms with Crippen LogP contribution >= 0.6 is 12.2 Å². The highest BCUT2D eigenvalue weighted by molar-refractivity contribution is 7.80. The molecule has 0 aromatic carbocycles. The van der Waals surface area contributed by atoms with Crippen LogP contribution < -0.4 is 10.6 Å². The molecule has 1 aromatic heterocycles. The van der Waals surface area contributed by atoms with Crippen LogP contribution in [0.25, 0.3) is 0 Å². The lowest BCUT2D eigenvalue weighted by Crippen LogP contribution is -2.35. The first kappa shape index (κ1) is 16.6. The first-order valence-corrected chi connectivity index (χ1v) is 7.68. The van der Waals surface area contributed by atoms with Crippen molar-refractivity contribution < 1.29 is 14.3 Å². The van der Waals surface area contributed by atoms with Crippen molar-refractivity contribution in [2.75, 3.05) is 25.1 Å². The van der Waals surface area contributed by atoms with Crippen molar-refractivity contribution in [1.29, 1.82) is 0 Å². The van der Waals surface area contributed by atoms with Gasteiger partial charge in [-0.05, 0) is 38.9 Å². The second-order valence-corrected chi connectivity index (χ2v) is 5.29. The van der Waals surface area contributed by atoms with Crippen LogP contribution in [0.3, 0.4) is 0 Å². The minimum Gasteiger partial charge on any atom is -0.462 e. The summed E-state index contributed by atoms with van der Waals surface area (Å²) in [7, 11) is 0. The molecular formula is C14H20N4O3S. The fourth-order valence-corrected chi connectivity index (χ4v) is 2.27.